The molecule has 7 nitrogen and oxygen atoms in total. The second-order valence-corrected chi connectivity index (χ2v) is 11.7. The first-order chi connectivity index (χ1) is 17.9. The van der Waals surface area contributed by atoms with Crippen LogP contribution >= 0.6 is 0 Å². The lowest BCUT2D eigenvalue weighted by Gasteiger charge is -2.36. The van der Waals surface area contributed by atoms with Gasteiger partial charge in [0.1, 0.15) is 11.5 Å². The predicted molar refractivity (Wildman–Crippen MR) is 144 cm³/mol. The second kappa shape index (κ2) is 8.71. The Morgan fingerprint density at radius 3 is 2.57 bits per heavy atom. The van der Waals surface area contributed by atoms with E-state index in [1.807, 2.05) is 30.3 Å². The molecule has 1 aliphatic carbocycles. The van der Waals surface area contributed by atoms with Gasteiger partial charge in [0.2, 0.25) is 5.91 Å². The fraction of sp³-hybridized carbons (Fsp3) is 0.207. The Labute approximate surface area is 215 Å². The van der Waals surface area contributed by atoms with Gasteiger partial charge in [0.15, 0.2) is 9.84 Å². The molecule has 0 atom stereocenters. The van der Waals surface area contributed by atoms with E-state index in [-0.39, 0.29) is 17.1 Å². The average Bonchev–Trinajstić information content (AvgIpc) is 3.19. The van der Waals surface area contributed by atoms with Crippen LogP contribution < -0.4 is 10.6 Å². The molecule has 2 N–H and O–H groups in total. The molecule has 2 aliphatic rings. The van der Waals surface area contributed by atoms with E-state index in [0.717, 1.165) is 52.5 Å². The number of nitrogens with one attached hydrogen (secondary N) is 2. The normalized spacial score (nSPS) is 15.4. The van der Waals surface area contributed by atoms with Crippen molar-refractivity contribution in [2.24, 2.45) is 0 Å². The zero-order valence-electron chi connectivity index (χ0n) is 20.2. The molecule has 0 radical (unpaired) electrons. The van der Waals surface area contributed by atoms with E-state index < -0.39 is 9.84 Å². The van der Waals surface area contributed by atoms with Crippen LogP contribution in [0.15, 0.2) is 71.9 Å². The largest absolute Gasteiger partial charge is 0.340 e. The average molecular weight is 509 g/mol. The number of carbonyl (C=O) groups is 1. The maximum Gasteiger partial charge on any atom is 0.235 e. The summed E-state index contributed by atoms with van der Waals surface area (Å²) in [4.78, 5) is 21.8. The number of pyridine rings is 2. The Morgan fingerprint density at radius 1 is 1.03 bits per heavy atom. The zero-order chi connectivity index (χ0) is 25.6. The highest BCUT2D eigenvalue weighted by atomic mass is 32.2. The molecule has 0 unspecified atom stereocenters. The van der Waals surface area contributed by atoms with Gasteiger partial charge in [-0.2, -0.15) is 0 Å². The monoisotopic (exact) mass is 508 g/mol. The minimum Gasteiger partial charge on any atom is -0.340 e. The number of anilines is 3. The summed E-state index contributed by atoms with van der Waals surface area (Å²) in [5.41, 5.74) is 3.76. The molecule has 1 spiro atoms. The van der Waals surface area contributed by atoms with Crippen LogP contribution in [-0.2, 0) is 20.0 Å². The van der Waals surface area contributed by atoms with Crippen LogP contribution in [0.1, 0.15) is 43.0 Å². The summed E-state index contributed by atoms with van der Waals surface area (Å²) in [6.07, 6.45) is 6.35. The minimum atomic E-state index is -3.25. The van der Waals surface area contributed by atoms with Gasteiger partial charge < -0.3 is 10.6 Å². The molecule has 37 heavy (non-hydrogen) atoms. The number of carbonyl (C=O) groups excluding carboxylic acids is 1. The number of benzene rings is 2. The van der Waals surface area contributed by atoms with E-state index in [4.69, 9.17) is 0 Å². The molecule has 2 aromatic carbocycles. The Bertz CT molecular complexity index is 1730. The summed E-state index contributed by atoms with van der Waals surface area (Å²) in [7, 11) is -3.25. The highest BCUT2D eigenvalue weighted by molar-refractivity contribution is 7.91. The fourth-order valence-corrected chi connectivity index (χ4v) is 5.84. The zero-order valence-corrected chi connectivity index (χ0v) is 21.0. The third kappa shape index (κ3) is 4.02. The summed E-state index contributed by atoms with van der Waals surface area (Å²) < 4.78 is 24.1. The number of hydrogen-bond donors (Lipinski definition) is 2. The van der Waals surface area contributed by atoms with Gasteiger partial charge in [-0.25, -0.2) is 18.4 Å². The first kappa shape index (κ1) is 23.2. The van der Waals surface area contributed by atoms with Crippen molar-refractivity contribution in [2.75, 3.05) is 16.4 Å². The van der Waals surface area contributed by atoms with E-state index >= 15 is 0 Å². The van der Waals surface area contributed by atoms with Gasteiger partial charge in [-0.1, -0.05) is 25.3 Å². The highest BCUT2D eigenvalue weighted by Crippen LogP contribution is 2.51. The van der Waals surface area contributed by atoms with Crippen LogP contribution in [0.3, 0.4) is 0 Å². The SMILES string of the molecule is CCS(=O)(=O)c1ccc(Nc2cc3c(C#Cc4ccc5c(c4)NC(=O)C54CCC4)nccc3cn2)cc1. The minimum absolute atomic E-state index is 0.0592. The standard InChI is InChI=1S/C29H24N4O3S/c1-2-37(35,36)22-8-6-21(7-9-22)32-27-17-23-20(18-31-27)12-15-30-25(23)11-5-19-4-10-24-26(16-19)33-28(34)29(24)13-3-14-29/h4,6-10,12,15-18H,2-3,13-14H2,1H3,(H,31,32)(H,33,34). The summed E-state index contributed by atoms with van der Waals surface area (Å²) in [6, 6.07) is 16.3. The fourth-order valence-electron chi connectivity index (χ4n) is 4.96. The van der Waals surface area contributed by atoms with Gasteiger partial charge in [-0.15, -0.1) is 0 Å². The number of sulfone groups is 1. The molecule has 4 aromatic rings. The second-order valence-electron chi connectivity index (χ2n) is 9.40. The lowest BCUT2D eigenvalue weighted by molar-refractivity contribution is -0.123. The lowest BCUT2D eigenvalue weighted by atomic mass is 9.65. The Hall–Kier alpha value is -4.22. The number of amides is 1. The maximum atomic E-state index is 12.5. The molecule has 1 aliphatic heterocycles. The molecule has 8 heteroatoms. The van der Waals surface area contributed by atoms with Crippen molar-refractivity contribution in [3.63, 3.8) is 0 Å². The molecule has 0 saturated heterocycles. The molecule has 3 heterocycles. The van der Waals surface area contributed by atoms with E-state index in [9.17, 15) is 13.2 Å². The smallest absolute Gasteiger partial charge is 0.235 e. The van der Waals surface area contributed by atoms with Crippen LogP contribution in [-0.4, -0.2) is 30.0 Å². The molecule has 184 valence electrons. The van der Waals surface area contributed by atoms with E-state index in [1.54, 1.807) is 43.6 Å². The summed E-state index contributed by atoms with van der Waals surface area (Å²) in [5, 5.41) is 8.01. The predicted octanol–water partition coefficient (Wildman–Crippen LogP) is 4.94. The number of hydrogen-bond acceptors (Lipinski definition) is 6. The van der Waals surface area contributed by atoms with Gasteiger partial charge in [0.25, 0.3) is 0 Å². The number of aromatic nitrogens is 2. The highest BCUT2D eigenvalue weighted by Gasteiger charge is 2.50. The van der Waals surface area contributed by atoms with E-state index in [0.29, 0.717) is 16.4 Å². The van der Waals surface area contributed by atoms with Crippen molar-refractivity contribution < 1.29 is 13.2 Å². The van der Waals surface area contributed by atoms with E-state index in [1.165, 1.54) is 0 Å². The van der Waals surface area contributed by atoms with Crippen LogP contribution in [0.4, 0.5) is 17.2 Å². The maximum absolute atomic E-state index is 12.5. The summed E-state index contributed by atoms with van der Waals surface area (Å²) in [6.45, 7) is 1.63. The quantitative estimate of drug-likeness (QED) is 0.379. The number of nitrogens with zero attached hydrogens (tertiary/aromatic N) is 2. The van der Waals surface area contributed by atoms with Crippen LogP contribution in [0, 0.1) is 11.8 Å². The first-order valence-corrected chi connectivity index (χ1v) is 13.9. The van der Waals surface area contributed by atoms with Gasteiger partial charge >= 0.3 is 0 Å². The molecular formula is C29H24N4O3S. The first-order valence-electron chi connectivity index (χ1n) is 12.2. The lowest BCUT2D eigenvalue weighted by Crippen LogP contribution is -2.40. The molecule has 1 amide bonds. The summed E-state index contributed by atoms with van der Waals surface area (Å²) >= 11 is 0. The topological polar surface area (TPSA) is 101 Å². The molecule has 1 fully saturated rings. The Morgan fingerprint density at radius 2 is 1.84 bits per heavy atom. The van der Waals surface area contributed by atoms with Gasteiger partial charge in [-0.3, -0.25) is 4.79 Å². The van der Waals surface area contributed by atoms with Gasteiger partial charge in [0.05, 0.1) is 16.1 Å². The third-order valence-corrected chi connectivity index (χ3v) is 9.01. The van der Waals surface area contributed by atoms with Crippen molar-refractivity contribution in [1.29, 1.82) is 0 Å². The van der Waals surface area contributed by atoms with Gasteiger partial charge in [0, 0.05) is 40.1 Å². The van der Waals surface area contributed by atoms with Gasteiger partial charge in [-0.05, 0) is 72.9 Å². The number of fused-ring (bicyclic) bond motifs is 3. The van der Waals surface area contributed by atoms with E-state index in [2.05, 4.69) is 32.4 Å². The van der Waals surface area contributed by atoms with Crippen LogP contribution in [0.2, 0.25) is 0 Å². The Kier molecular flexibility index (Phi) is 5.46. The molecule has 0 bridgehead atoms. The number of rotatable bonds is 4. The molecular weight excluding hydrogens is 484 g/mol. The Balaban J connectivity index is 1.28. The van der Waals surface area contributed by atoms with Crippen molar-refractivity contribution in [3.05, 3.63) is 83.8 Å². The molecule has 1 saturated carbocycles. The summed E-state index contributed by atoms with van der Waals surface area (Å²) in [5.74, 6) is 7.13. The van der Waals surface area contributed by atoms with Crippen molar-refractivity contribution >= 4 is 43.7 Å². The van der Waals surface area contributed by atoms with Crippen molar-refractivity contribution in [1.82, 2.24) is 9.97 Å². The molecule has 6 rings (SSSR count). The molecule has 2 aromatic heterocycles. The van der Waals surface area contributed by atoms with Crippen molar-refractivity contribution in [3.8, 4) is 11.8 Å². The van der Waals surface area contributed by atoms with Crippen LogP contribution in [0.25, 0.3) is 10.8 Å². The van der Waals surface area contributed by atoms with Crippen LogP contribution in [0.5, 0.6) is 0 Å². The third-order valence-electron chi connectivity index (χ3n) is 7.26. The van der Waals surface area contributed by atoms with Crippen molar-refractivity contribution in [2.45, 2.75) is 36.5 Å².